The van der Waals surface area contributed by atoms with E-state index in [1.54, 1.807) is 0 Å². The van der Waals surface area contributed by atoms with Crippen LogP contribution in [0.15, 0.2) is 30.3 Å². The minimum atomic E-state index is -4.74. The van der Waals surface area contributed by atoms with Crippen molar-refractivity contribution in [2.45, 2.75) is 6.42 Å². The fourth-order valence-corrected chi connectivity index (χ4v) is 1.24. The number of ether oxygens (including phenoxy) is 1. The van der Waals surface area contributed by atoms with Crippen LogP contribution in [0.5, 0.6) is 0 Å². The predicted molar refractivity (Wildman–Crippen MR) is 53.5 cm³/mol. The number of hydrogen-bond acceptors (Lipinski definition) is 3. The first-order valence-electron chi connectivity index (χ1n) is 4.27. The maximum absolute atomic E-state index is 10.7. The summed E-state index contributed by atoms with van der Waals surface area (Å²) < 4.78 is 14.8. The monoisotopic (exact) mass is 230 g/mol. The second-order valence-electron chi connectivity index (χ2n) is 2.89. The topological polar surface area (TPSA) is 83.8 Å². The van der Waals surface area contributed by atoms with Crippen molar-refractivity contribution in [2.24, 2.45) is 0 Å². The van der Waals surface area contributed by atoms with Crippen LogP contribution in [-0.2, 0) is 15.7 Å². The zero-order chi connectivity index (χ0) is 11.3. The highest BCUT2D eigenvalue weighted by Gasteiger charge is 2.27. The van der Waals surface area contributed by atoms with Gasteiger partial charge in [0.15, 0.2) is 0 Å². The molecule has 0 saturated carbocycles. The van der Waals surface area contributed by atoms with Crippen LogP contribution < -0.4 is 0 Å². The Bertz CT molecular complexity index is 369. The molecule has 0 atom stereocenters. The summed E-state index contributed by atoms with van der Waals surface area (Å²) in [6.07, 6.45) is 0.437. The van der Waals surface area contributed by atoms with Crippen molar-refractivity contribution in [1.82, 2.24) is 0 Å². The van der Waals surface area contributed by atoms with Gasteiger partial charge in [0.05, 0.1) is 6.61 Å². The van der Waals surface area contributed by atoms with Gasteiger partial charge in [-0.15, -0.1) is 0 Å². The van der Waals surface area contributed by atoms with E-state index in [1.807, 2.05) is 30.3 Å². The quantitative estimate of drug-likeness (QED) is 0.766. The molecule has 0 amide bonds. The number of carbonyl (C=O) groups is 1. The molecule has 0 fully saturated rings. The van der Waals surface area contributed by atoms with Gasteiger partial charge < -0.3 is 14.5 Å². The van der Waals surface area contributed by atoms with Crippen LogP contribution in [0.4, 0.5) is 4.79 Å². The average Bonchev–Trinajstić information content (AvgIpc) is 2.18. The van der Waals surface area contributed by atoms with E-state index in [0.717, 1.165) is 5.56 Å². The van der Waals surface area contributed by atoms with Gasteiger partial charge in [-0.2, -0.15) is 0 Å². The Hall–Kier alpha value is -1.16. The Balaban J connectivity index is 2.35. The minimum Gasteiger partial charge on any atom is -0.456 e. The molecule has 0 heterocycles. The van der Waals surface area contributed by atoms with Crippen LogP contribution in [0.2, 0.25) is 0 Å². The Kier molecular flexibility index (Phi) is 4.03. The van der Waals surface area contributed by atoms with Crippen molar-refractivity contribution in [3.63, 3.8) is 0 Å². The molecule has 5 nitrogen and oxygen atoms in total. The van der Waals surface area contributed by atoms with E-state index in [9.17, 15) is 9.36 Å². The third-order valence-corrected chi connectivity index (χ3v) is 2.30. The first-order chi connectivity index (χ1) is 7.00. The van der Waals surface area contributed by atoms with Gasteiger partial charge in [0.25, 0.3) is 0 Å². The van der Waals surface area contributed by atoms with Crippen LogP contribution >= 0.6 is 7.60 Å². The lowest BCUT2D eigenvalue weighted by Gasteiger charge is -2.05. The lowest BCUT2D eigenvalue weighted by molar-refractivity contribution is 0.164. The lowest BCUT2D eigenvalue weighted by Crippen LogP contribution is -2.06. The number of benzene rings is 1. The van der Waals surface area contributed by atoms with Gasteiger partial charge in [0.2, 0.25) is 0 Å². The Morgan fingerprint density at radius 3 is 2.40 bits per heavy atom. The van der Waals surface area contributed by atoms with E-state index in [1.165, 1.54) is 0 Å². The molecule has 15 heavy (non-hydrogen) atoms. The van der Waals surface area contributed by atoms with E-state index in [2.05, 4.69) is 4.74 Å². The summed E-state index contributed by atoms with van der Waals surface area (Å²) in [5, 5.41) is 0. The van der Waals surface area contributed by atoms with E-state index < -0.39 is 13.3 Å². The molecule has 0 saturated heterocycles. The molecule has 0 radical (unpaired) electrons. The van der Waals surface area contributed by atoms with Crippen LogP contribution in [-0.4, -0.2) is 22.1 Å². The molecule has 2 N–H and O–H groups in total. The molecule has 6 heteroatoms. The fourth-order valence-electron chi connectivity index (χ4n) is 0.985. The average molecular weight is 230 g/mol. The number of hydrogen-bond donors (Lipinski definition) is 2. The fraction of sp³-hybridized carbons (Fsp3) is 0.222. The third-order valence-electron chi connectivity index (χ3n) is 1.70. The van der Waals surface area contributed by atoms with E-state index >= 15 is 0 Å². The lowest BCUT2D eigenvalue weighted by atomic mass is 10.2. The molecule has 1 aromatic carbocycles. The van der Waals surface area contributed by atoms with E-state index in [0.29, 0.717) is 6.42 Å². The highest BCUT2D eigenvalue weighted by molar-refractivity contribution is 7.69. The molecule has 1 aromatic rings. The molecular formula is C9H11O5P. The Morgan fingerprint density at radius 2 is 1.87 bits per heavy atom. The summed E-state index contributed by atoms with van der Waals surface area (Å²) in [4.78, 5) is 27.5. The van der Waals surface area contributed by atoms with Gasteiger partial charge in [-0.1, -0.05) is 30.3 Å². The summed E-state index contributed by atoms with van der Waals surface area (Å²) in [5.74, 6) is 0. The summed E-state index contributed by atoms with van der Waals surface area (Å²) in [6.45, 7) is -0.0338. The van der Waals surface area contributed by atoms with Crippen LogP contribution in [0.3, 0.4) is 0 Å². The zero-order valence-electron chi connectivity index (χ0n) is 7.87. The van der Waals surface area contributed by atoms with Gasteiger partial charge >= 0.3 is 13.3 Å². The van der Waals surface area contributed by atoms with Crippen molar-refractivity contribution < 1.29 is 23.9 Å². The molecule has 0 unspecified atom stereocenters. The van der Waals surface area contributed by atoms with Crippen molar-refractivity contribution in [3.8, 4) is 0 Å². The molecule has 82 valence electrons. The highest BCUT2D eigenvalue weighted by atomic mass is 31.2. The molecule has 0 aliphatic heterocycles. The van der Waals surface area contributed by atoms with Gasteiger partial charge in [-0.05, 0) is 5.56 Å². The maximum Gasteiger partial charge on any atom is 0.433 e. The predicted octanol–water partition coefficient (Wildman–Crippen LogP) is 1.54. The first-order valence-corrected chi connectivity index (χ1v) is 5.88. The molecule has 1 rings (SSSR count). The van der Waals surface area contributed by atoms with E-state index in [4.69, 9.17) is 9.79 Å². The van der Waals surface area contributed by atoms with Gasteiger partial charge in [0.1, 0.15) is 0 Å². The molecule has 0 bridgehead atoms. The normalized spacial score (nSPS) is 11.1. The van der Waals surface area contributed by atoms with Gasteiger partial charge in [0, 0.05) is 6.42 Å². The second kappa shape index (κ2) is 5.07. The van der Waals surface area contributed by atoms with E-state index in [-0.39, 0.29) is 6.61 Å². The third kappa shape index (κ3) is 4.25. The Labute approximate surface area is 86.9 Å². The van der Waals surface area contributed by atoms with Gasteiger partial charge in [-0.3, -0.25) is 0 Å². The van der Waals surface area contributed by atoms with Crippen LogP contribution in [0.25, 0.3) is 0 Å². The number of carbonyl (C=O) groups excluding carboxylic acids is 1. The maximum atomic E-state index is 10.7. The van der Waals surface area contributed by atoms with Crippen molar-refractivity contribution in [2.75, 3.05) is 6.61 Å². The van der Waals surface area contributed by atoms with Crippen LogP contribution in [0, 0.1) is 0 Å². The van der Waals surface area contributed by atoms with Gasteiger partial charge in [-0.25, -0.2) is 9.36 Å². The Morgan fingerprint density at radius 1 is 1.27 bits per heavy atom. The first kappa shape index (κ1) is 11.9. The molecule has 0 spiro atoms. The van der Waals surface area contributed by atoms with Crippen molar-refractivity contribution >= 4 is 13.3 Å². The zero-order valence-corrected chi connectivity index (χ0v) is 8.76. The molecule has 0 aliphatic rings. The molecule has 0 aromatic heterocycles. The summed E-state index contributed by atoms with van der Waals surface area (Å²) in [7, 11) is -4.74. The highest BCUT2D eigenvalue weighted by Crippen LogP contribution is 2.36. The minimum absolute atomic E-state index is 0.0338. The smallest absolute Gasteiger partial charge is 0.433 e. The molecule has 0 aliphatic carbocycles. The summed E-state index contributed by atoms with van der Waals surface area (Å²) in [5.41, 5.74) is -0.533. The standard InChI is InChI=1S/C9H11O5P/c10-9(15(11,12)13)14-7-6-8-4-2-1-3-5-8/h1-5H,6-7H2,(H2,11,12,13). The SMILES string of the molecule is O=C(OCCc1ccccc1)P(=O)(O)O. The van der Waals surface area contributed by atoms with Crippen molar-refractivity contribution in [1.29, 1.82) is 0 Å². The number of rotatable bonds is 4. The molecular weight excluding hydrogens is 219 g/mol. The second-order valence-corrected chi connectivity index (χ2v) is 4.35. The largest absolute Gasteiger partial charge is 0.456 e. The van der Waals surface area contributed by atoms with Crippen molar-refractivity contribution in [3.05, 3.63) is 35.9 Å². The van der Waals surface area contributed by atoms with Crippen LogP contribution in [0.1, 0.15) is 5.56 Å². The summed E-state index contributed by atoms with van der Waals surface area (Å²) >= 11 is 0. The summed E-state index contributed by atoms with van der Waals surface area (Å²) in [6, 6.07) is 9.20.